The Labute approximate surface area is 140 Å². The standard InChI is InChI=1S/C19H27NO.ClH/c1-14-9-8-12-19(3,4)18(14)17(21)13-15(2)20-16-10-6-5-7-11-16;/h5-11,14-15,18,20H,12-13H2,1-4H3;1H. The molecule has 0 aliphatic heterocycles. The first-order chi connectivity index (χ1) is 9.90. The van der Waals surface area contributed by atoms with Crippen molar-refractivity contribution in [1.82, 2.24) is 0 Å². The van der Waals surface area contributed by atoms with Gasteiger partial charge >= 0.3 is 0 Å². The predicted octanol–water partition coefficient (Wildman–Crippen LogP) is 5.11. The maximum atomic E-state index is 12.8. The van der Waals surface area contributed by atoms with Crippen LogP contribution < -0.4 is 5.32 Å². The second-order valence-electron chi connectivity index (χ2n) is 7.04. The van der Waals surface area contributed by atoms with Gasteiger partial charge in [0.2, 0.25) is 0 Å². The maximum Gasteiger partial charge on any atom is 0.139 e. The molecular formula is C19H28ClNO. The molecule has 0 fully saturated rings. The van der Waals surface area contributed by atoms with E-state index in [1.165, 1.54) is 0 Å². The summed E-state index contributed by atoms with van der Waals surface area (Å²) in [5, 5.41) is 3.42. The van der Waals surface area contributed by atoms with Crippen LogP contribution in [0.25, 0.3) is 0 Å². The third-order valence-electron chi connectivity index (χ3n) is 4.49. The second kappa shape index (κ2) is 7.82. The Morgan fingerprint density at radius 3 is 2.55 bits per heavy atom. The lowest BCUT2D eigenvalue weighted by atomic mass is 9.65. The number of nitrogens with one attached hydrogen (secondary N) is 1. The molecule has 1 N–H and O–H groups in total. The highest BCUT2D eigenvalue weighted by Gasteiger charge is 2.39. The van der Waals surface area contributed by atoms with E-state index in [2.05, 4.69) is 45.2 Å². The van der Waals surface area contributed by atoms with E-state index < -0.39 is 0 Å². The number of carbonyl (C=O) groups excluding carboxylic acids is 1. The number of rotatable bonds is 5. The van der Waals surface area contributed by atoms with E-state index in [1.54, 1.807) is 0 Å². The number of para-hydroxylation sites is 1. The van der Waals surface area contributed by atoms with Gasteiger partial charge in [0.15, 0.2) is 0 Å². The van der Waals surface area contributed by atoms with Crippen molar-refractivity contribution in [1.29, 1.82) is 0 Å². The molecule has 0 radical (unpaired) electrons. The third-order valence-corrected chi connectivity index (χ3v) is 4.49. The summed E-state index contributed by atoms with van der Waals surface area (Å²) < 4.78 is 0. The summed E-state index contributed by atoms with van der Waals surface area (Å²) in [6, 6.07) is 10.3. The lowest BCUT2D eigenvalue weighted by Crippen LogP contribution is -2.39. The minimum atomic E-state index is 0. The molecule has 0 bridgehead atoms. The van der Waals surface area contributed by atoms with Gasteiger partial charge in [0.1, 0.15) is 5.78 Å². The summed E-state index contributed by atoms with van der Waals surface area (Å²) in [7, 11) is 0. The number of ketones is 1. The first-order valence-corrected chi connectivity index (χ1v) is 7.91. The number of Topliss-reactive ketones (excluding diaryl/α,β-unsaturated/α-hetero) is 1. The number of hydrogen-bond donors (Lipinski definition) is 1. The van der Waals surface area contributed by atoms with Crippen molar-refractivity contribution in [2.75, 3.05) is 5.32 Å². The van der Waals surface area contributed by atoms with Gasteiger partial charge in [0, 0.05) is 24.1 Å². The number of halogens is 1. The van der Waals surface area contributed by atoms with Crippen LogP contribution in [0.1, 0.15) is 40.5 Å². The molecular weight excluding hydrogens is 294 g/mol. The van der Waals surface area contributed by atoms with Gasteiger partial charge in [-0.25, -0.2) is 0 Å². The highest BCUT2D eigenvalue weighted by Crippen LogP contribution is 2.41. The molecule has 3 atom stereocenters. The Morgan fingerprint density at radius 2 is 1.95 bits per heavy atom. The van der Waals surface area contributed by atoms with Crippen LogP contribution in [0.5, 0.6) is 0 Å². The Balaban J connectivity index is 0.00000242. The lowest BCUT2D eigenvalue weighted by Gasteiger charge is -2.39. The average Bonchev–Trinajstić information content (AvgIpc) is 2.38. The van der Waals surface area contributed by atoms with E-state index >= 15 is 0 Å². The molecule has 2 rings (SSSR count). The van der Waals surface area contributed by atoms with Gasteiger partial charge in [-0.1, -0.05) is 51.1 Å². The van der Waals surface area contributed by atoms with Crippen LogP contribution in [0.2, 0.25) is 0 Å². The molecule has 0 aromatic heterocycles. The van der Waals surface area contributed by atoms with Crippen LogP contribution in [-0.2, 0) is 4.79 Å². The first-order valence-electron chi connectivity index (χ1n) is 7.91. The number of carbonyl (C=O) groups is 1. The molecule has 122 valence electrons. The van der Waals surface area contributed by atoms with Crippen LogP contribution in [-0.4, -0.2) is 11.8 Å². The molecule has 0 saturated heterocycles. The van der Waals surface area contributed by atoms with Gasteiger partial charge in [0.25, 0.3) is 0 Å². The molecule has 0 spiro atoms. The summed E-state index contributed by atoms with van der Waals surface area (Å²) in [6.45, 7) is 8.67. The van der Waals surface area contributed by atoms with Crippen LogP contribution in [0, 0.1) is 17.3 Å². The second-order valence-corrected chi connectivity index (χ2v) is 7.04. The predicted molar refractivity (Wildman–Crippen MR) is 96.6 cm³/mol. The van der Waals surface area contributed by atoms with Crippen LogP contribution >= 0.6 is 12.4 Å². The van der Waals surface area contributed by atoms with E-state index in [4.69, 9.17) is 0 Å². The van der Waals surface area contributed by atoms with E-state index in [-0.39, 0.29) is 29.8 Å². The summed E-state index contributed by atoms with van der Waals surface area (Å²) in [4.78, 5) is 12.8. The minimum Gasteiger partial charge on any atom is -0.382 e. The van der Waals surface area contributed by atoms with Crippen molar-refractivity contribution in [3.63, 3.8) is 0 Å². The van der Waals surface area contributed by atoms with E-state index in [1.807, 2.05) is 30.3 Å². The Hall–Kier alpha value is -1.28. The molecule has 2 nitrogen and oxygen atoms in total. The largest absolute Gasteiger partial charge is 0.382 e. The van der Waals surface area contributed by atoms with E-state index in [0.717, 1.165) is 12.1 Å². The van der Waals surface area contributed by atoms with Crippen LogP contribution in [0.15, 0.2) is 42.5 Å². The number of benzene rings is 1. The summed E-state index contributed by atoms with van der Waals surface area (Å²) in [6.07, 6.45) is 6.00. The van der Waals surface area contributed by atoms with Gasteiger partial charge in [-0.3, -0.25) is 4.79 Å². The normalized spacial score (nSPS) is 24.2. The van der Waals surface area contributed by atoms with E-state index in [9.17, 15) is 4.79 Å². The minimum absolute atomic E-state index is 0. The quantitative estimate of drug-likeness (QED) is 0.764. The molecule has 0 amide bonds. The zero-order valence-corrected chi connectivity index (χ0v) is 14.8. The molecule has 0 saturated carbocycles. The Morgan fingerprint density at radius 1 is 1.32 bits per heavy atom. The fourth-order valence-corrected chi connectivity index (χ4v) is 3.56. The summed E-state index contributed by atoms with van der Waals surface area (Å²) in [5.41, 5.74) is 1.14. The first kappa shape index (κ1) is 18.8. The Kier molecular flexibility index (Phi) is 6.67. The van der Waals surface area contributed by atoms with Crippen LogP contribution in [0.4, 0.5) is 5.69 Å². The molecule has 1 aromatic carbocycles. The molecule has 1 aromatic rings. The van der Waals surface area contributed by atoms with Gasteiger partial charge in [-0.15, -0.1) is 12.4 Å². The van der Waals surface area contributed by atoms with Gasteiger partial charge in [-0.2, -0.15) is 0 Å². The van der Waals surface area contributed by atoms with Crippen molar-refractivity contribution in [2.45, 2.75) is 46.6 Å². The topological polar surface area (TPSA) is 29.1 Å². The fraction of sp³-hybridized carbons (Fsp3) is 0.526. The SMILES string of the molecule is CC(CC(=O)C1C(C)C=CCC1(C)C)Nc1ccccc1.Cl. The van der Waals surface area contributed by atoms with Crippen molar-refractivity contribution in [3.8, 4) is 0 Å². The van der Waals surface area contributed by atoms with Crippen LogP contribution in [0.3, 0.4) is 0 Å². The molecule has 0 heterocycles. The fourth-order valence-electron chi connectivity index (χ4n) is 3.56. The van der Waals surface area contributed by atoms with Crippen molar-refractivity contribution >= 4 is 23.9 Å². The highest BCUT2D eigenvalue weighted by molar-refractivity contribution is 5.85. The molecule has 1 aliphatic carbocycles. The van der Waals surface area contributed by atoms with Crippen molar-refractivity contribution in [3.05, 3.63) is 42.5 Å². The van der Waals surface area contributed by atoms with Gasteiger partial charge in [0.05, 0.1) is 0 Å². The average molecular weight is 322 g/mol. The maximum absolute atomic E-state index is 12.8. The molecule has 3 unspecified atom stereocenters. The highest BCUT2D eigenvalue weighted by atomic mass is 35.5. The Bertz CT molecular complexity index is 509. The van der Waals surface area contributed by atoms with Crippen molar-refractivity contribution in [2.24, 2.45) is 17.3 Å². The number of hydrogen-bond acceptors (Lipinski definition) is 2. The van der Waals surface area contributed by atoms with E-state index in [0.29, 0.717) is 18.1 Å². The zero-order valence-electron chi connectivity index (χ0n) is 14.0. The van der Waals surface area contributed by atoms with Crippen molar-refractivity contribution < 1.29 is 4.79 Å². The van der Waals surface area contributed by atoms with Gasteiger partial charge in [-0.05, 0) is 36.8 Å². The summed E-state index contributed by atoms with van der Waals surface area (Å²) >= 11 is 0. The zero-order chi connectivity index (χ0) is 15.5. The monoisotopic (exact) mass is 321 g/mol. The summed E-state index contributed by atoms with van der Waals surface area (Å²) in [5.74, 6) is 0.848. The molecule has 1 aliphatic rings. The molecule has 3 heteroatoms. The third kappa shape index (κ3) is 4.61. The van der Waals surface area contributed by atoms with Gasteiger partial charge < -0.3 is 5.32 Å². The number of anilines is 1. The molecule has 22 heavy (non-hydrogen) atoms. The lowest BCUT2D eigenvalue weighted by molar-refractivity contribution is -0.128. The number of allylic oxidation sites excluding steroid dienone is 2. The smallest absolute Gasteiger partial charge is 0.139 e.